The first kappa shape index (κ1) is 17.8. The van der Waals surface area contributed by atoms with Crippen LogP contribution in [0.2, 0.25) is 15.1 Å². The van der Waals surface area contributed by atoms with Crippen molar-refractivity contribution in [3.63, 3.8) is 0 Å². The van der Waals surface area contributed by atoms with Gasteiger partial charge in [0.1, 0.15) is 12.4 Å². The van der Waals surface area contributed by atoms with Crippen LogP contribution < -0.4 is 4.74 Å². The van der Waals surface area contributed by atoms with Crippen molar-refractivity contribution in [1.29, 1.82) is 0 Å². The third kappa shape index (κ3) is 5.23. The van der Waals surface area contributed by atoms with E-state index in [2.05, 4.69) is 4.99 Å². The van der Waals surface area contributed by atoms with Gasteiger partial charge in [0.25, 0.3) is 0 Å². The van der Waals surface area contributed by atoms with Crippen LogP contribution in [0.25, 0.3) is 0 Å². The van der Waals surface area contributed by atoms with E-state index in [1.165, 1.54) is 0 Å². The zero-order valence-corrected chi connectivity index (χ0v) is 15.4. The Morgan fingerprint density at radius 1 is 0.800 bits per heavy atom. The van der Waals surface area contributed by atoms with E-state index in [-0.39, 0.29) is 0 Å². The lowest BCUT2D eigenvalue weighted by molar-refractivity contribution is 0.306. The summed E-state index contributed by atoms with van der Waals surface area (Å²) in [6.45, 7) is 0.378. The summed E-state index contributed by atoms with van der Waals surface area (Å²) >= 11 is 17.9. The van der Waals surface area contributed by atoms with Crippen LogP contribution in [0.5, 0.6) is 5.75 Å². The molecule has 5 heteroatoms. The van der Waals surface area contributed by atoms with Gasteiger partial charge in [-0.2, -0.15) is 0 Å². The fraction of sp³-hybridized carbons (Fsp3) is 0.0500. The molecule has 0 saturated carbocycles. The normalized spacial score (nSPS) is 11.0. The summed E-state index contributed by atoms with van der Waals surface area (Å²) in [4.78, 5) is 4.43. The van der Waals surface area contributed by atoms with E-state index in [1.807, 2.05) is 54.6 Å². The van der Waals surface area contributed by atoms with Gasteiger partial charge in [-0.25, -0.2) is 0 Å². The second-order valence-corrected chi connectivity index (χ2v) is 6.61. The van der Waals surface area contributed by atoms with Crippen LogP contribution in [0.4, 0.5) is 5.69 Å². The summed E-state index contributed by atoms with van der Waals surface area (Å²) in [5, 5.41) is 1.91. The van der Waals surface area contributed by atoms with Crippen molar-refractivity contribution in [1.82, 2.24) is 0 Å². The zero-order chi connectivity index (χ0) is 17.6. The Kier molecular flexibility index (Phi) is 5.98. The van der Waals surface area contributed by atoms with Gasteiger partial charge in [-0.15, -0.1) is 0 Å². The molecular weight excluding hydrogens is 377 g/mol. The van der Waals surface area contributed by atoms with Gasteiger partial charge < -0.3 is 4.74 Å². The van der Waals surface area contributed by atoms with Gasteiger partial charge in [-0.1, -0.05) is 53.0 Å². The van der Waals surface area contributed by atoms with E-state index in [9.17, 15) is 0 Å². The first-order chi connectivity index (χ1) is 12.1. The van der Waals surface area contributed by atoms with Gasteiger partial charge in [0.15, 0.2) is 0 Å². The van der Waals surface area contributed by atoms with E-state index < -0.39 is 0 Å². The molecule has 0 bridgehead atoms. The highest BCUT2D eigenvalue weighted by Gasteiger charge is 2.02. The van der Waals surface area contributed by atoms with Gasteiger partial charge in [0.05, 0.1) is 5.69 Å². The Bertz CT molecular complexity index is 874. The monoisotopic (exact) mass is 389 g/mol. The Labute approximate surface area is 161 Å². The molecule has 0 aliphatic rings. The van der Waals surface area contributed by atoms with Gasteiger partial charge in [0, 0.05) is 26.8 Å². The highest BCUT2D eigenvalue weighted by molar-refractivity contribution is 6.35. The maximum absolute atomic E-state index is 6.14. The number of nitrogens with zero attached hydrogens (tertiary/aromatic N) is 1. The minimum atomic E-state index is 0.378. The van der Waals surface area contributed by atoms with E-state index in [4.69, 9.17) is 39.5 Å². The highest BCUT2D eigenvalue weighted by atomic mass is 35.5. The molecule has 0 amide bonds. The summed E-state index contributed by atoms with van der Waals surface area (Å²) in [5.41, 5.74) is 2.71. The van der Waals surface area contributed by atoms with E-state index in [1.54, 1.807) is 18.3 Å². The Morgan fingerprint density at radius 3 is 2.16 bits per heavy atom. The number of aliphatic imine (C=N–C) groups is 1. The van der Waals surface area contributed by atoms with Gasteiger partial charge in [-0.3, -0.25) is 4.99 Å². The van der Waals surface area contributed by atoms with Crippen LogP contribution in [-0.4, -0.2) is 6.21 Å². The van der Waals surface area contributed by atoms with Crippen LogP contribution in [0.1, 0.15) is 11.1 Å². The molecule has 0 saturated heterocycles. The number of benzene rings is 3. The van der Waals surface area contributed by atoms with Gasteiger partial charge in [-0.05, 0) is 54.1 Å². The number of hydrogen-bond acceptors (Lipinski definition) is 2. The fourth-order valence-corrected chi connectivity index (χ4v) is 2.72. The van der Waals surface area contributed by atoms with E-state index in [0.29, 0.717) is 21.7 Å². The van der Waals surface area contributed by atoms with Crippen molar-refractivity contribution >= 4 is 46.7 Å². The first-order valence-corrected chi connectivity index (χ1v) is 8.70. The second kappa shape index (κ2) is 8.39. The number of ether oxygens (including phenoxy) is 1. The molecule has 0 unspecified atom stereocenters. The predicted octanol–water partition coefficient (Wildman–Crippen LogP) is 6.98. The topological polar surface area (TPSA) is 21.6 Å². The maximum atomic E-state index is 6.14. The van der Waals surface area contributed by atoms with E-state index >= 15 is 0 Å². The van der Waals surface area contributed by atoms with Crippen LogP contribution in [0.15, 0.2) is 71.7 Å². The third-order valence-corrected chi connectivity index (χ3v) is 4.32. The molecule has 3 rings (SSSR count). The number of rotatable bonds is 5. The van der Waals surface area contributed by atoms with Crippen molar-refractivity contribution < 1.29 is 4.74 Å². The molecule has 0 fully saturated rings. The summed E-state index contributed by atoms with van der Waals surface area (Å²) < 4.78 is 5.75. The minimum absolute atomic E-state index is 0.378. The largest absolute Gasteiger partial charge is 0.489 e. The molecule has 0 aliphatic heterocycles. The molecule has 0 heterocycles. The Hall–Kier alpha value is -2.00. The lowest BCUT2D eigenvalue weighted by Gasteiger charge is -2.08. The Morgan fingerprint density at radius 2 is 1.48 bits per heavy atom. The summed E-state index contributed by atoms with van der Waals surface area (Å²) in [7, 11) is 0. The highest BCUT2D eigenvalue weighted by Crippen LogP contribution is 2.24. The maximum Gasteiger partial charge on any atom is 0.119 e. The number of halogens is 3. The lowest BCUT2D eigenvalue weighted by Crippen LogP contribution is -1.95. The quantitative estimate of drug-likeness (QED) is 0.431. The average Bonchev–Trinajstić information content (AvgIpc) is 2.61. The molecule has 0 N–H and O–H groups in total. The fourth-order valence-electron chi connectivity index (χ4n) is 2.13. The Balaban J connectivity index is 1.61. The van der Waals surface area contributed by atoms with Crippen LogP contribution in [0, 0.1) is 0 Å². The minimum Gasteiger partial charge on any atom is -0.489 e. The molecule has 0 radical (unpaired) electrons. The van der Waals surface area contributed by atoms with Crippen molar-refractivity contribution in [2.24, 2.45) is 4.99 Å². The van der Waals surface area contributed by atoms with Crippen molar-refractivity contribution in [3.05, 3.63) is 92.9 Å². The molecule has 3 aromatic rings. The standard InChI is InChI=1S/C20H14Cl3NO/c21-16-4-1-14(2-5-16)12-24-18-7-9-19(10-8-18)25-13-15-3-6-17(22)11-20(15)23/h1-12H,13H2. The molecule has 25 heavy (non-hydrogen) atoms. The summed E-state index contributed by atoms with van der Waals surface area (Å²) in [6.07, 6.45) is 1.79. The van der Waals surface area contributed by atoms with Crippen molar-refractivity contribution in [3.8, 4) is 5.75 Å². The lowest BCUT2D eigenvalue weighted by atomic mass is 10.2. The third-order valence-electron chi connectivity index (χ3n) is 3.48. The van der Waals surface area contributed by atoms with Crippen LogP contribution in [-0.2, 0) is 6.61 Å². The van der Waals surface area contributed by atoms with Crippen molar-refractivity contribution in [2.75, 3.05) is 0 Å². The summed E-state index contributed by atoms with van der Waals surface area (Å²) in [6, 6.07) is 20.4. The molecular formula is C20H14Cl3NO. The second-order valence-electron chi connectivity index (χ2n) is 5.33. The van der Waals surface area contributed by atoms with E-state index in [0.717, 1.165) is 22.6 Å². The number of hydrogen-bond donors (Lipinski definition) is 0. The SMILES string of the molecule is Clc1ccc(C=Nc2ccc(OCc3ccc(Cl)cc3Cl)cc2)cc1. The molecule has 126 valence electrons. The molecule has 0 atom stereocenters. The predicted molar refractivity (Wildman–Crippen MR) is 106 cm³/mol. The van der Waals surface area contributed by atoms with Gasteiger partial charge >= 0.3 is 0 Å². The molecule has 0 spiro atoms. The van der Waals surface area contributed by atoms with Crippen LogP contribution in [0.3, 0.4) is 0 Å². The smallest absolute Gasteiger partial charge is 0.119 e. The average molecular weight is 391 g/mol. The zero-order valence-electron chi connectivity index (χ0n) is 13.1. The van der Waals surface area contributed by atoms with Crippen molar-refractivity contribution in [2.45, 2.75) is 6.61 Å². The molecule has 2 nitrogen and oxygen atoms in total. The van der Waals surface area contributed by atoms with Gasteiger partial charge in [0.2, 0.25) is 0 Å². The molecule has 0 aromatic heterocycles. The van der Waals surface area contributed by atoms with Crippen LogP contribution >= 0.6 is 34.8 Å². The molecule has 3 aromatic carbocycles. The molecule has 0 aliphatic carbocycles. The summed E-state index contributed by atoms with van der Waals surface area (Å²) in [5.74, 6) is 0.747. The first-order valence-electron chi connectivity index (χ1n) is 7.56.